The first-order valence-corrected chi connectivity index (χ1v) is 9.75. The fourth-order valence-electron chi connectivity index (χ4n) is 2.64. The number of likely N-dealkylation sites (N-methyl/N-ethyl adjacent to an activating group) is 1. The molecule has 0 fully saturated rings. The minimum Gasteiger partial charge on any atom is -0.351 e. The lowest BCUT2D eigenvalue weighted by molar-refractivity contribution is -0.111. The number of rotatable bonds is 9. The summed E-state index contributed by atoms with van der Waals surface area (Å²) in [5.41, 5.74) is 2.03. The van der Waals surface area contributed by atoms with E-state index in [9.17, 15) is 9.59 Å². The van der Waals surface area contributed by atoms with Crippen LogP contribution in [0.4, 0.5) is 5.69 Å². The van der Waals surface area contributed by atoms with Crippen LogP contribution in [-0.2, 0) is 4.79 Å². The fraction of sp³-hybridized carbons (Fsp3) is 0.273. The summed E-state index contributed by atoms with van der Waals surface area (Å²) >= 11 is 5.92. The van der Waals surface area contributed by atoms with Gasteiger partial charge in [-0.05, 0) is 61.1 Å². The SMILES string of the molecule is CCN(CC)CCNC(=O)c1ccc(NC(=O)/C=C/c2cccc(Cl)c2)cc1. The Morgan fingerprint density at radius 3 is 2.43 bits per heavy atom. The van der Waals surface area contributed by atoms with E-state index in [1.165, 1.54) is 6.08 Å². The van der Waals surface area contributed by atoms with Gasteiger partial charge in [-0.2, -0.15) is 0 Å². The maximum absolute atomic E-state index is 12.2. The average molecular weight is 400 g/mol. The van der Waals surface area contributed by atoms with Gasteiger partial charge in [0.25, 0.3) is 5.91 Å². The summed E-state index contributed by atoms with van der Waals surface area (Å²) in [6.07, 6.45) is 3.14. The number of benzene rings is 2. The molecule has 2 aromatic rings. The summed E-state index contributed by atoms with van der Waals surface area (Å²) in [5, 5.41) is 6.30. The molecule has 6 heteroatoms. The standard InChI is InChI=1S/C22H26ClN3O2/c1-3-26(4-2)15-14-24-22(28)18-9-11-20(12-10-18)25-21(27)13-8-17-6-5-7-19(23)16-17/h5-13,16H,3-4,14-15H2,1-2H3,(H,24,28)(H,25,27)/b13-8+. The van der Waals surface area contributed by atoms with Crippen LogP contribution in [0.1, 0.15) is 29.8 Å². The number of hydrogen-bond donors (Lipinski definition) is 2. The van der Waals surface area contributed by atoms with Gasteiger partial charge < -0.3 is 15.5 Å². The summed E-state index contributed by atoms with van der Waals surface area (Å²) in [5.74, 6) is -0.373. The average Bonchev–Trinajstić information content (AvgIpc) is 2.70. The van der Waals surface area contributed by atoms with Crippen LogP contribution in [0.5, 0.6) is 0 Å². The van der Waals surface area contributed by atoms with Crippen molar-refractivity contribution in [2.24, 2.45) is 0 Å². The van der Waals surface area contributed by atoms with Gasteiger partial charge in [-0.25, -0.2) is 0 Å². The molecule has 2 rings (SSSR count). The number of hydrogen-bond acceptors (Lipinski definition) is 3. The third-order valence-electron chi connectivity index (χ3n) is 4.30. The van der Waals surface area contributed by atoms with Crippen molar-refractivity contribution in [3.05, 3.63) is 70.8 Å². The molecule has 2 aromatic carbocycles. The Kier molecular flexibility index (Phi) is 8.72. The van der Waals surface area contributed by atoms with E-state index in [1.807, 2.05) is 12.1 Å². The van der Waals surface area contributed by atoms with Crippen LogP contribution in [0, 0.1) is 0 Å². The van der Waals surface area contributed by atoms with Crippen LogP contribution < -0.4 is 10.6 Å². The highest BCUT2D eigenvalue weighted by molar-refractivity contribution is 6.30. The molecule has 0 atom stereocenters. The molecule has 0 aromatic heterocycles. The quantitative estimate of drug-likeness (QED) is 0.625. The summed E-state index contributed by atoms with van der Waals surface area (Å²) in [7, 11) is 0. The molecule has 0 radical (unpaired) electrons. The minimum absolute atomic E-state index is 0.120. The predicted octanol–water partition coefficient (Wildman–Crippen LogP) is 4.06. The number of carbonyl (C=O) groups excluding carboxylic acids is 2. The Morgan fingerprint density at radius 1 is 1.07 bits per heavy atom. The third-order valence-corrected chi connectivity index (χ3v) is 4.53. The molecule has 0 aliphatic heterocycles. The zero-order valence-corrected chi connectivity index (χ0v) is 17.0. The van der Waals surface area contributed by atoms with Crippen LogP contribution >= 0.6 is 11.6 Å². The van der Waals surface area contributed by atoms with Gasteiger partial charge in [-0.1, -0.05) is 37.6 Å². The molecular weight excluding hydrogens is 374 g/mol. The van der Waals surface area contributed by atoms with Crippen LogP contribution in [0.25, 0.3) is 6.08 Å². The zero-order chi connectivity index (χ0) is 20.4. The molecule has 0 spiro atoms. The monoisotopic (exact) mass is 399 g/mol. The molecule has 0 heterocycles. The van der Waals surface area contributed by atoms with Crippen molar-refractivity contribution in [2.75, 3.05) is 31.5 Å². The van der Waals surface area contributed by atoms with E-state index in [2.05, 4.69) is 29.4 Å². The van der Waals surface area contributed by atoms with Crippen molar-refractivity contribution in [1.82, 2.24) is 10.2 Å². The number of nitrogens with one attached hydrogen (secondary N) is 2. The van der Waals surface area contributed by atoms with Gasteiger partial charge in [0.05, 0.1) is 0 Å². The second-order valence-electron chi connectivity index (χ2n) is 6.24. The highest BCUT2D eigenvalue weighted by Crippen LogP contribution is 2.13. The fourth-order valence-corrected chi connectivity index (χ4v) is 2.84. The highest BCUT2D eigenvalue weighted by Gasteiger charge is 2.06. The lowest BCUT2D eigenvalue weighted by Gasteiger charge is -2.17. The lowest BCUT2D eigenvalue weighted by Crippen LogP contribution is -2.34. The molecular formula is C22H26ClN3O2. The van der Waals surface area contributed by atoms with Crippen molar-refractivity contribution in [1.29, 1.82) is 0 Å². The normalized spacial score (nSPS) is 11.0. The van der Waals surface area contributed by atoms with E-state index >= 15 is 0 Å². The molecule has 0 aliphatic rings. The largest absolute Gasteiger partial charge is 0.351 e. The molecule has 2 N–H and O–H groups in total. The molecule has 0 saturated carbocycles. The summed E-state index contributed by atoms with van der Waals surface area (Å²) in [6.45, 7) is 7.56. The number of halogens is 1. The molecule has 0 aliphatic carbocycles. The topological polar surface area (TPSA) is 61.4 Å². The Labute approximate surface area is 171 Å². The van der Waals surface area contributed by atoms with Crippen LogP contribution in [-0.4, -0.2) is 42.9 Å². The highest BCUT2D eigenvalue weighted by atomic mass is 35.5. The van der Waals surface area contributed by atoms with Gasteiger partial charge >= 0.3 is 0 Å². The van der Waals surface area contributed by atoms with E-state index in [-0.39, 0.29) is 11.8 Å². The molecule has 0 unspecified atom stereocenters. The molecule has 2 amide bonds. The smallest absolute Gasteiger partial charge is 0.251 e. The number of carbonyl (C=O) groups is 2. The van der Waals surface area contributed by atoms with E-state index in [4.69, 9.17) is 11.6 Å². The number of anilines is 1. The second kappa shape index (κ2) is 11.3. The van der Waals surface area contributed by atoms with Crippen molar-refractivity contribution in [3.63, 3.8) is 0 Å². The van der Waals surface area contributed by atoms with Gasteiger partial charge in [0.2, 0.25) is 5.91 Å². The van der Waals surface area contributed by atoms with E-state index in [0.717, 1.165) is 25.2 Å². The Balaban J connectivity index is 1.84. The molecule has 0 saturated heterocycles. The summed E-state index contributed by atoms with van der Waals surface area (Å²) < 4.78 is 0. The van der Waals surface area contributed by atoms with Gasteiger partial charge in [0.15, 0.2) is 0 Å². The third kappa shape index (κ3) is 7.18. The number of amides is 2. The second-order valence-corrected chi connectivity index (χ2v) is 6.67. The van der Waals surface area contributed by atoms with Gasteiger partial charge in [0, 0.05) is 35.4 Å². The Hall–Kier alpha value is -2.63. The molecule has 148 valence electrons. The van der Waals surface area contributed by atoms with Crippen LogP contribution in [0.3, 0.4) is 0 Å². The van der Waals surface area contributed by atoms with Crippen molar-refractivity contribution < 1.29 is 9.59 Å². The number of nitrogens with zero attached hydrogens (tertiary/aromatic N) is 1. The van der Waals surface area contributed by atoms with Crippen LogP contribution in [0.15, 0.2) is 54.6 Å². The van der Waals surface area contributed by atoms with Crippen molar-refractivity contribution in [3.8, 4) is 0 Å². The first-order chi connectivity index (χ1) is 13.5. The molecule has 0 bridgehead atoms. The van der Waals surface area contributed by atoms with E-state index in [1.54, 1.807) is 42.5 Å². The van der Waals surface area contributed by atoms with Gasteiger partial charge in [-0.3, -0.25) is 9.59 Å². The maximum atomic E-state index is 12.2. The molecule has 28 heavy (non-hydrogen) atoms. The first-order valence-electron chi connectivity index (χ1n) is 9.37. The first kappa shape index (κ1) is 21.7. The van der Waals surface area contributed by atoms with Crippen molar-refractivity contribution in [2.45, 2.75) is 13.8 Å². The van der Waals surface area contributed by atoms with Gasteiger partial charge in [0.1, 0.15) is 0 Å². The van der Waals surface area contributed by atoms with E-state index < -0.39 is 0 Å². The minimum atomic E-state index is -0.253. The summed E-state index contributed by atoms with van der Waals surface area (Å²) in [4.78, 5) is 26.5. The predicted molar refractivity (Wildman–Crippen MR) is 116 cm³/mol. The Bertz CT molecular complexity index is 815. The lowest BCUT2D eigenvalue weighted by atomic mass is 10.2. The summed E-state index contributed by atoms with van der Waals surface area (Å²) in [6, 6.07) is 14.1. The Morgan fingerprint density at radius 2 is 1.79 bits per heavy atom. The van der Waals surface area contributed by atoms with E-state index in [0.29, 0.717) is 22.8 Å². The molecule has 5 nitrogen and oxygen atoms in total. The van der Waals surface area contributed by atoms with Crippen molar-refractivity contribution >= 4 is 35.2 Å². The maximum Gasteiger partial charge on any atom is 0.251 e. The zero-order valence-electron chi connectivity index (χ0n) is 16.2. The van der Waals surface area contributed by atoms with Crippen LogP contribution in [0.2, 0.25) is 5.02 Å². The van der Waals surface area contributed by atoms with Gasteiger partial charge in [-0.15, -0.1) is 0 Å².